The topological polar surface area (TPSA) is 92.5 Å². The third kappa shape index (κ3) is 3.30. The van der Waals surface area contributed by atoms with E-state index in [4.69, 9.17) is 28.3 Å². The largest absolute Gasteiger partial charge is 0.479 e. The quantitative estimate of drug-likeness (QED) is 0.640. The first-order valence-electron chi connectivity index (χ1n) is 5.12. The number of nitrogens with one attached hydrogen (secondary N) is 1. The van der Waals surface area contributed by atoms with Crippen molar-refractivity contribution in [1.29, 1.82) is 0 Å². The Morgan fingerprint density at radius 2 is 1.81 bits per heavy atom. The highest BCUT2D eigenvalue weighted by molar-refractivity contribution is 6.42. The molecule has 1 aromatic rings. The van der Waals surface area contributed by atoms with Gasteiger partial charge in [0.1, 0.15) is 5.69 Å². The molecule has 0 saturated carbocycles. The summed E-state index contributed by atoms with van der Waals surface area (Å²) in [5.41, 5.74) is -4.98. The number of carboxylic acids is 1. The van der Waals surface area contributed by atoms with Crippen molar-refractivity contribution in [3.8, 4) is 0 Å². The number of nitro benzene ring substituents is 1. The van der Waals surface area contributed by atoms with Gasteiger partial charge in [-0.3, -0.25) is 10.1 Å². The van der Waals surface area contributed by atoms with Crippen LogP contribution >= 0.6 is 23.2 Å². The lowest BCUT2D eigenvalue weighted by Crippen LogP contribution is -2.55. The fraction of sp³-hybridized carbons (Fsp3) is 0.300. The second kappa shape index (κ2) is 5.57. The standard InChI is InChI=1S/C10H7Cl2F3N2O4/c1-9(8(18)19,10(13,14)15)16-6-2-4(11)5(12)3-7(6)17(20)21/h2-3,16H,1H3,(H,18,19). The van der Waals surface area contributed by atoms with E-state index in [0.29, 0.717) is 6.92 Å². The molecule has 1 unspecified atom stereocenters. The van der Waals surface area contributed by atoms with Gasteiger partial charge in [-0.2, -0.15) is 13.2 Å². The van der Waals surface area contributed by atoms with E-state index in [1.165, 1.54) is 0 Å². The van der Waals surface area contributed by atoms with Gasteiger partial charge in [0.05, 0.1) is 15.0 Å². The number of nitro groups is 1. The van der Waals surface area contributed by atoms with Crippen LogP contribution in [0, 0.1) is 10.1 Å². The van der Waals surface area contributed by atoms with Gasteiger partial charge in [0.25, 0.3) is 5.69 Å². The number of nitrogens with zero attached hydrogens (tertiary/aromatic N) is 1. The lowest BCUT2D eigenvalue weighted by Gasteiger charge is -2.29. The first-order chi connectivity index (χ1) is 9.40. The summed E-state index contributed by atoms with van der Waals surface area (Å²) in [5.74, 6) is -2.25. The second-order valence-electron chi connectivity index (χ2n) is 4.09. The summed E-state index contributed by atoms with van der Waals surface area (Å²) in [5, 5.41) is 20.7. The molecule has 0 aliphatic rings. The molecule has 6 nitrogen and oxygen atoms in total. The van der Waals surface area contributed by atoms with Crippen molar-refractivity contribution in [1.82, 2.24) is 0 Å². The molecule has 0 amide bonds. The molecule has 0 saturated heterocycles. The number of aliphatic carboxylic acids is 1. The zero-order valence-corrected chi connectivity index (χ0v) is 11.7. The maximum absolute atomic E-state index is 12.9. The Labute approximate surface area is 125 Å². The molecule has 0 heterocycles. The van der Waals surface area contributed by atoms with Crippen molar-refractivity contribution in [3.63, 3.8) is 0 Å². The van der Waals surface area contributed by atoms with Crippen LogP contribution in [0.4, 0.5) is 24.5 Å². The zero-order valence-electron chi connectivity index (χ0n) is 10.2. The highest BCUT2D eigenvalue weighted by Gasteiger charge is 2.58. The Morgan fingerprint density at radius 1 is 1.33 bits per heavy atom. The van der Waals surface area contributed by atoms with E-state index in [1.807, 2.05) is 0 Å². The number of hydrogen-bond acceptors (Lipinski definition) is 4. The van der Waals surface area contributed by atoms with Crippen LogP contribution in [0.5, 0.6) is 0 Å². The van der Waals surface area contributed by atoms with Crippen LogP contribution in [0.1, 0.15) is 6.92 Å². The number of rotatable bonds is 4. The summed E-state index contributed by atoms with van der Waals surface area (Å²) in [6.07, 6.45) is -5.21. The van der Waals surface area contributed by atoms with Gasteiger partial charge in [-0.15, -0.1) is 0 Å². The second-order valence-corrected chi connectivity index (χ2v) is 4.91. The Balaban J connectivity index is 3.44. The number of hydrogen-bond donors (Lipinski definition) is 2. The number of carboxylic acid groups (broad SMARTS) is 1. The molecule has 0 spiro atoms. The number of halogens is 5. The third-order valence-electron chi connectivity index (χ3n) is 2.61. The Hall–Kier alpha value is -1.74. The van der Waals surface area contributed by atoms with E-state index in [2.05, 4.69) is 0 Å². The van der Waals surface area contributed by atoms with Crippen molar-refractivity contribution >= 4 is 40.5 Å². The van der Waals surface area contributed by atoms with Crippen LogP contribution in [0.3, 0.4) is 0 Å². The van der Waals surface area contributed by atoms with Crippen molar-refractivity contribution in [2.24, 2.45) is 0 Å². The summed E-state index contributed by atoms with van der Waals surface area (Å²) in [4.78, 5) is 20.7. The first-order valence-corrected chi connectivity index (χ1v) is 5.87. The molecule has 0 radical (unpaired) electrons. The predicted octanol–water partition coefficient (Wildman–Crippen LogP) is 3.72. The summed E-state index contributed by atoms with van der Waals surface area (Å²) in [6.45, 7) is 0.335. The van der Waals surface area contributed by atoms with Gasteiger partial charge in [-0.25, -0.2) is 4.79 Å². The fourth-order valence-electron chi connectivity index (χ4n) is 1.30. The predicted molar refractivity (Wildman–Crippen MR) is 68.8 cm³/mol. The molecule has 21 heavy (non-hydrogen) atoms. The summed E-state index contributed by atoms with van der Waals surface area (Å²) < 4.78 is 38.6. The van der Waals surface area contributed by atoms with Gasteiger partial charge in [-0.1, -0.05) is 23.2 Å². The maximum atomic E-state index is 12.9. The average molecular weight is 347 g/mol. The molecule has 0 aliphatic carbocycles. The number of alkyl halides is 3. The minimum atomic E-state index is -5.21. The molecule has 1 aromatic carbocycles. The smallest absolute Gasteiger partial charge is 0.422 e. The van der Waals surface area contributed by atoms with E-state index in [0.717, 1.165) is 12.1 Å². The highest BCUT2D eigenvalue weighted by atomic mass is 35.5. The van der Waals surface area contributed by atoms with E-state index in [-0.39, 0.29) is 10.0 Å². The Bertz CT molecular complexity index is 609. The monoisotopic (exact) mass is 346 g/mol. The zero-order chi connectivity index (χ0) is 16.6. The van der Waals surface area contributed by atoms with Crippen LogP contribution in [0.15, 0.2) is 12.1 Å². The summed E-state index contributed by atoms with van der Waals surface area (Å²) in [6, 6.07) is 1.49. The summed E-state index contributed by atoms with van der Waals surface area (Å²) in [7, 11) is 0. The van der Waals surface area contributed by atoms with E-state index >= 15 is 0 Å². The minimum absolute atomic E-state index is 0.252. The lowest BCUT2D eigenvalue weighted by atomic mass is 10.0. The average Bonchev–Trinajstić information content (AvgIpc) is 2.31. The maximum Gasteiger partial charge on any atom is 0.422 e. The molecule has 0 aliphatic heterocycles. The van der Waals surface area contributed by atoms with Crippen LogP contribution < -0.4 is 5.32 Å². The molecule has 2 N–H and O–H groups in total. The summed E-state index contributed by atoms with van der Waals surface area (Å²) >= 11 is 11.1. The Kier molecular flexibility index (Phi) is 4.59. The molecule has 0 fully saturated rings. The van der Waals surface area contributed by atoms with Gasteiger partial charge in [-0.05, 0) is 13.0 Å². The van der Waals surface area contributed by atoms with Crippen molar-refractivity contribution < 1.29 is 28.0 Å². The number of anilines is 1. The lowest BCUT2D eigenvalue weighted by molar-refractivity contribution is -0.384. The molecule has 116 valence electrons. The minimum Gasteiger partial charge on any atom is -0.479 e. The van der Waals surface area contributed by atoms with Crippen LogP contribution in [-0.4, -0.2) is 27.7 Å². The van der Waals surface area contributed by atoms with Gasteiger partial charge >= 0.3 is 12.1 Å². The van der Waals surface area contributed by atoms with Crippen LogP contribution in [-0.2, 0) is 4.79 Å². The van der Waals surface area contributed by atoms with Crippen molar-refractivity contribution in [2.45, 2.75) is 18.6 Å². The molecule has 1 atom stereocenters. The van der Waals surface area contributed by atoms with E-state index in [9.17, 15) is 28.1 Å². The van der Waals surface area contributed by atoms with E-state index in [1.54, 1.807) is 5.32 Å². The van der Waals surface area contributed by atoms with Crippen molar-refractivity contribution in [3.05, 3.63) is 32.3 Å². The van der Waals surface area contributed by atoms with Crippen LogP contribution in [0.25, 0.3) is 0 Å². The SMILES string of the molecule is CC(Nc1cc(Cl)c(Cl)cc1[N+](=O)[O-])(C(=O)O)C(F)(F)F. The molecular formula is C10H7Cl2F3N2O4. The number of carbonyl (C=O) groups is 1. The van der Waals surface area contributed by atoms with E-state index < -0.39 is 34.0 Å². The van der Waals surface area contributed by atoms with Gasteiger partial charge in [0.2, 0.25) is 5.54 Å². The third-order valence-corrected chi connectivity index (χ3v) is 3.34. The fourth-order valence-corrected chi connectivity index (χ4v) is 1.62. The van der Waals surface area contributed by atoms with Gasteiger partial charge in [0.15, 0.2) is 0 Å². The van der Waals surface area contributed by atoms with Gasteiger partial charge < -0.3 is 10.4 Å². The molecular weight excluding hydrogens is 340 g/mol. The molecule has 0 aromatic heterocycles. The normalized spacial score (nSPS) is 14.4. The number of benzene rings is 1. The molecule has 1 rings (SSSR count). The molecule has 0 bridgehead atoms. The first kappa shape index (κ1) is 17.3. The van der Waals surface area contributed by atoms with Crippen LogP contribution in [0.2, 0.25) is 10.0 Å². The highest BCUT2D eigenvalue weighted by Crippen LogP contribution is 2.39. The Morgan fingerprint density at radius 3 is 2.19 bits per heavy atom. The van der Waals surface area contributed by atoms with Gasteiger partial charge in [0, 0.05) is 6.07 Å². The molecule has 11 heteroatoms. The van der Waals surface area contributed by atoms with Crippen molar-refractivity contribution in [2.75, 3.05) is 5.32 Å².